The second-order valence-corrected chi connectivity index (χ2v) is 5.04. The highest BCUT2D eigenvalue weighted by Gasteiger charge is 2.15. The minimum absolute atomic E-state index is 0.191. The van der Waals surface area contributed by atoms with Gasteiger partial charge in [0.25, 0.3) is 0 Å². The molecule has 2 aromatic rings. The Balaban J connectivity index is 2.34. The number of rotatable bonds is 6. The molecule has 5 heteroatoms. The molecule has 0 aliphatic rings. The van der Waals surface area contributed by atoms with Crippen LogP contribution in [-0.2, 0) is 0 Å². The van der Waals surface area contributed by atoms with Gasteiger partial charge in [-0.25, -0.2) is 0 Å². The van der Waals surface area contributed by atoms with Crippen molar-refractivity contribution in [1.82, 2.24) is 0 Å². The summed E-state index contributed by atoms with van der Waals surface area (Å²) in [5.74, 6) is 1.12. The SMILES string of the molecule is COc1cc(C(=O)/C=C/c2ccccc2Cl)cc(OC)c1OC. The van der Waals surface area contributed by atoms with Crippen molar-refractivity contribution in [3.63, 3.8) is 0 Å². The van der Waals surface area contributed by atoms with Crippen LogP contribution >= 0.6 is 11.6 Å². The van der Waals surface area contributed by atoms with Crippen molar-refractivity contribution < 1.29 is 19.0 Å². The lowest BCUT2D eigenvalue weighted by atomic mass is 10.1. The van der Waals surface area contributed by atoms with Crippen LogP contribution in [0.3, 0.4) is 0 Å². The fourth-order valence-electron chi connectivity index (χ4n) is 2.10. The summed E-state index contributed by atoms with van der Waals surface area (Å²) < 4.78 is 15.7. The predicted octanol–water partition coefficient (Wildman–Crippen LogP) is 4.26. The maximum atomic E-state index is 12.4. The van der Waals surface area contributed by atoms with E-state index in [9.17, 15) is 4.79 Å². The average molecular weight is 333 g/mol. The van der Waals surface area contributed by atoms with E-state index in [-0.39, 0.29) is 5.78 Å². The van der Waals surface area contributed by atoms with Crippen molar-refractivity contribution in [3.05, 3.63) is 58.6 Å². The van der Waals surface area contributed by atoms with Gasteiger partial charge in [-0.15, -0.1) is 0 Å². The van der Waals surface area contributed by atoms with Gasteiger partial charge >= 0.3 is 0 Å². The maximum absolute atomic E-state index is 12.4. The Hall–Kier alpha value is -2.46. The van der Waals surface area contributed by atoms with Crippen LogP contribution in [0.2, 0.25) is 5.02 Å². The number of benzene rings is 2. The van der Waals surface area contributed by atoms with E-state index in [0.717, 1.165) is 5.56 Å². The van der Waals surface area contributed by atoms with Crippen LogP contribution in [0.15, 0.2) is 42.5 Å². The standard InChI is InChI=1S/C18H17ClO4/c1-21-16-10-13(11-17(22-2)18(16)23-3)15(20)9-8-12-6-4-5-7-14(12)19/h4-11H,1-3H3/b9-8+. The fraction of sp³-hybridized carbons (Fsp3) is 0.167. The first kappa shape index (κ1) is 16.9. The number of halogens is 1. The highest BCUT2D eigenvalue weighted by Crippen LogP contribution is 2.38. The third-order valence-electron chi connectivity index (χ3n) is 3.27. The molecule has 0 radical (unpaired) electrons. The first-order chi connectivity index (χ1) is 11.1. The Morgan fingerprint density at radius 3 is 2.13 bits per heavy atom. The number of carbonyl (C=O) groups excluding carboxylic acids is 1. The smallest absolute Gasteiger partial charge is 0.203 e. The first-order valence-electron chi connectivity index (χ1n) is 6.87. The predicted molar refractivity (Wildman–Crippen MR) is 90.9 cm³/mol. The van der Waals surface area contributed by atoms with Gasteiger partial charge in [-0.3, -0.25) is 4.79 Å². The van der Waals surface area contributed by atoms with E-state index >= 15 is 0 Å². The molecule has 120 valence electrons. The Bertz CT molecular complexity index is 713. The van der Waals surface area contributed by atoms with Crippen molar-refractivity contribution >= 4 is 23.5 Å². The number of hydrogen-bond acceptors (Lipinski definition) is 4. The van der Waals surface area contributed by atoms with Crippen LogP contribution in [0.25, 0.3) is 6.08 Å². The molecule has 4 nitrogen and oxygen atoms in total. The van der Waals surface area contributed by atoms with Crippen molar-refractivity contribution in [2.75, 3.05) is 21.3 Å². The van der Waals surface area contributed by atoms with Crippen LogP contribution in [0, 0.1) is 0 Å². The fourth-order valence-corrected chi connectivity index (χ4v) is 2.29. The molecule has 0 heterocycles. The normalized spacial score (nSPS) is 10.6. The summed E-state index contributed by atoms with van der Waals surface area (Å²) >= 11 is 6.07. The topological polar surface area (TPSA) is 44.8 Å². The van der Waals surface area contributed by atoms with E-state index in [0.29, 0.717) is 27.8 Å². The van der Waals surface area contributed by atoms with Gasteiger partial charge in [0.15, 0.2) is 17.3 Å². The second kappa shape index (κ2) is 7.70. The van der Waals surface area contributed by atoms with E-state index in [1.165, 1.54) is 27.4 Å². The largest absolute Gasteiger partial charge is 0.493 e. The number of allylic oxidation sites excluding steroid dienone is 1. The minimum atomic E-state index is -0.191. The molecule has 0 saturated heterocycles. The molecule has 0 atom stereocenters. The van der Waals surface area contributed by atoms with E-state index in [1.54, 1.807) is 24.3 Å². The van der Waals surface area contributed by atoms with Gasteiger partial charge in [0, 0.05) is 10.6 Å². The Morgan fingerprint density at radius 1 is 1.00 bits per heavy atom. The molecule has 0 bridgehead atoms. The maximum Gasteiger partial charge on any atom is 0.203 e. The molecule has 0 aliphatic carbocycles. The Labute approximate surface area is 140 Å². The molecular weight excluding hydrogens is 316 g/mol. The van der Waals surface area contributed by atoms with Crippen LogP contribution in [-0.4, -0.2) is 27.1 Å². The molecular formula is C18H17ClO4. The molecule has 0 saturated carbocycles. The summed E-state index contributed by atoms with van der Waals surface area (Å²) in [5, 5.41) is 0.585. The van der Waals surface area contributed by atoms with Gasteiger partial charge in [0.05, 0.1) is 21.3 Å². The van der Waals surface area contributed by atoms with Gasteiger partial charge in [-0.1, -0.05) is 29.8 Å². The number of ether oxygens (including phenoxy) is 3. The molecule has 0 amide bonds. The average Bonchev–Trinajstić information content (AvgIpc) is 2.59. The lowest BCUT2D eigenvalue weighted by Crippen LogP contribution is -2.00. The highest BCUT2D eigenvalue weighted by atomic mass is 35.5. The lowest BCUT2D eigenvalue weighted by molar-refractivity contribution is 0.104. The van der Waals surface area contributed by atoms with Gasteiger partial charge in [-0.2, -0.15) is 0 Å². The molecule has 23 heavy (non-hydrogen) atoms. The number of ketones is 1. The van der Waals surface area contributed by atoms with Crippen LogP contribution < -0.4 is 14.2 Å². The van der Waals surface area contributed by atoms with Crippen molar-refractivity contribution in [2.45, 2.75) is 0 Å². The summed E-state index contributed by atoms with van der Waals surface area (Å²) in [6, 6.07) is 10.5. The summed E-state index contributed by atoms with van der Waals surface area (Å²) in [4.78, 5) is 12.4. The van der Waals surface area contributed by atoms with Crippen molar-refractivity contribution in [2.24, 2.45) is 0 Å². The van der Waals surface area contributed by atoms with Gasteiger partial charge < -0.3 is 14.2 Å². The van der Waals surface area contributed by atoms with Crippen LogP contribution in [0.4, 0.5) is 0 Å². The summed E-state index contributed by atoms with van der Waals surface area (Å²) in [6.07, 6.45) is 3.13. The highest BCUT2D eigenvalue weighted by molar-refractivity contribution is 6.32. The van der Waals surface area contributed by atoms with E-state index in [2.05, 4.69) is 0 Å². The third kappa shape index (κ3) is 3.85. The van der Waals surface area contributed by atoms with E-state index in [4.69, 9.17) is 25.8 Å². The quantitative estimate of drug-likeness (QED) is 0.585. The number of hydrogen-bond donors (Lipinski definition) is 0. The van der Waals surface area contributed by atoms with E-state index in [1.807, 2.05) is 18.2 Å². The van der Waals surface area contributed by atoms with Gasteiger partial charge in [0.1, 0.15) is 0 Å². The molecule has 0 unspecified atom stereocenters. The van der Waals surface area contributed by atoms with E-state index < -0.39 is 0 Å². The first-order valence-corrected chi connectivity index (χ1v) is 7.25. The molecule has 0 aliphatic heterocycles. The van der Waals surface area contributed by atoms with Crippen LogP contribution in [0.5, 0.6) is 17.2 Å². The second-order valence-electron chi connectivity index (χ2n) is 4.63. The van der Waals surface area contributed by atoms with Crippen molar-refractivity contribution in [1.29, 1.82) is 0 Å². The van der Waals surface area contributed by atoms with Gasteiger partial charge in [-0.05, 0) is 35.9 Å². The zero-order valence-corrected chi connectivity index (χ0v) is 13.9. The third-order valence-corrected chi connectivity index (χ3v) is 3.61. The molecule has 0 fully saturated rings. The monoisotopic (exact) mass is 332 g/mol. The van der Waals surface area contributed by atoms with Crippen LogP contribution in [0.1, 0.15) is 15.9 Å². The molecule has 2 aromatic carbocycles. The summed E-state index contributed by atoms with van der Waals surface area (Å²) in [7, 11) is 4.52. The number of methoxy groups -OCH3 is 3. The zero-order valence-electron chi connectivity index (χ0n) is 13.1. The summed E-state index contributed by atoms with van der Waals surface area (Å²) in [5.41, 5.74) is 1.21. The summed E-state index contributed by atoms with van der Waals surface area (Å²) in [6.45, 7) is 0. The Morgan fingerprint density at radius 2 is 1.61 bits per heavy atom. The van der Waals surface area contributed by atoms with Crippen molar-refractivity contribution in [3.8, 4) is 17.2 Å². The number of carbonyl (C=O) groups is 1. The molecule has 0 spiro atoms. The molecule has 0 N–H and O–H groups in total. The molecule has 2 rings (SSSR count). The molecule has 0 aromatic heterocycles. The lowest BCUT2D eigenvalue weighted by Gasteiger charge is -2.13. The minimum Gasteiger partial charge on any atom is -0.493 e. The Kier molecular flexibility index (Phi) is 5.66. The van der Waals surface area contributed by atoms with Gasteiger partial charge in [0.2, 0.25) is 5.75 Å². The zero-order chi connectivity index (χ0) is 16.8.